The van der Waals surface area contributed by atoms with Crippen molar-refractivity contribution in [2.24, 2.45) is 17.3 Å². The normalized spacial score (nSPS) is 21.9. The molecule has 2 atom stereocenters. The molecule has 6 heteroatoms. The number of carboxylic acid groups (broad SMARTS) is 1. The highest BCUT2D eigenvalue weighted by Gasteiger charge is 2.26. The van der Waals surface area contributed by atoms with E-state index in [1.807, 2.05) is 0 Å². The van der Waals surface area contributed by atoms with Gasteiger partial charge >= 0.3 is 12.0 Å². The van der Waals surface area contributed by atoms with Gasteiger partial charge in [0, 0.05) is 13.0 Å². The third kappa shape index (κ3) is 7.11. The van der Waals surface area contributed by atoms with Crippen molar-refractivity contribution >= 4 is 17.9 Å². The van der Waals surface area contributed by atoms with Gasteiger partial charge in [-0.15, -0.1) is 0 Å². The predicted molar refractivity (Wildman–Crippen MR) is 78.7 cm³/mol. The van der Waals surface area contributed by atoms with Crippen LogP contribution in [0.15, 0.2) is 0 Å². The number of amides is 3. The van der Waals surface area contributed by atoms with Crippen molar-refractivity contribution in [3.05, 3.63) is 0 Å². The number of carbonyl (C=O) groups excluding carboxylic acids is 2. The lowest BCUT2D eigenvalue weighted by Crippen LogP contribution is -2.42. The van der Waals surface area contributed by atoms with E-state index in [0.717, 1.165) is 12.8 Å². The third-order valence-electron chi connectivity index (χ3n) is 3.88. The van der Waals surface area contributed by atoms with Gasteiger partial charge in [-0.2, -0.15) is 0 Å². The van der Waals surface area contributed by atoms with E-state index < -0.39 is 23.3 Å². The van der Waals surface area contributed by atoms with Crippen LogP contribution in [0.4, 0.5) is 4.79 Å². The van der Waals surface area contributed by atoms with Crippen LogP contribution in [0.1, 0.15) is 52.9 Å². The average Bonchev–Trinajstić information content (AvgIpc) is 2.69. The van der Waals surface area contributed by atoms with Crippen LogP contribution in [0.5, 0.6) is 0 Å². The molecule has 0 aromatic carbocycles. The number of urea groups is 1. The fourth-order valence-corrected chi connectivity index (χ4v) is 2.87. The molecular weight excluding hydrogens is 272 g/mol. The van der Waals surface area contributed by atoms with Crippen LogP contribution in [0.2, 0.25) is 0 Å². The van der Waals surface area contributed by atoms with Crippen LogP contribution in [-0.4, -0.2) is 29.6 Å². The van der Waals surface area contributed by atoms with Crippen molar-refractivity contribution < 1.29 is 19.5 Å². The SMILES string of the molecule is CC1CCC(CNC(=O)NC(=O)CC(C)(C)CC(=O)O)C1. The Morgan fingerprint density at radius 3 is 2.38 bits per heavy atom. The maximum atomic E-state index is 11.7. The molecule has 0 aromatic rings. The van der Waals surface area contributed by atoms with Crippen molar-refractivity contribution in [2.75, 3.05) is 6.54 Å². The fourth-order valence-electron chi connectivity index (χ4n) is 2.87. The number of carboxylic acids is 1. The number of carbonyl (C=O) groups is 3. The van der Waals surface area contributed by atoms with Crippen LogP contribution in [0.3, 0.4) is 0 Å². The van der Waals surface area contributed by atoms with Crippen molar-refractivity contribution in [2.45, 2.75) is 52.9 Å². The summed E-state index contributed by atoms with van der Waals surface area (Å²) in [5.74, 6) is -0.200. The minimum Gasteiger partial charge on any atom is -0.481 e. The largest absolute Gasteiger partial charge is 0.481 e. The summed E-state index contributed by atoms with van der Waals surface area (Å²) in [7, 11) is 0. The molecule has 1 fully saturated rings. The molecule has 0 saturated heterocycles. The second kappa shape index (κ2) is 7.43. The molecule has 0 heterocycles. The maximum Gasteiger partial charge on any atom is 0.321 e. The summed E-state index contributed by atoms with van der Waals surface area (Å²) in [6.07, 6.45) is 3.31. The molecule has 2 unspecified atom stereocenters. The molecule has 0 bridgehead atoms. The Kier molecular flexibility index (Phi) is 6.18. The first-order valence-electron chi connectivity index (χ1n) is 7.47. The summed E-state index contributed by atoms with van der Waals surface area (Å²) in [4.78, 5) is 34.1. The molecule has 1 aliphatic carbocycles. The lowest BCUT2D eigenvalue weighted by molar-refractivity contribution is -0.139. The van der Waals surface area contributed by atoms with E-state index in [-0.39, 0.29) is 12.8 Å². The van der Waals surface area contributed by atoms with Crippen LogP contribution in [-0.2, 0) is 9.59 Å². The Labute approximate surface area is 125 Å². The molecule has 1 rings (SSSR count). The summed E-state index contributed by atoms with van der Waals surface area (Å²) in [6, 6.07) is -0.495. The van der Waals surface area contributed by atoms with E-state index in [9.17, 15) is 14.4 Å². The van der Waals surface area contributed by atoms with E-state index in [4.69, 9.17) is 5.11 Å². The van der Waals surface area contributed by atoms with Crippen LogP contribution >= 0.6 is 0 Å². The topological polar surface area (TPSA) is 95.5 Å². The molecule has 6 nitrogen and oxygen atoms in total. The van der Waals surface area contributed by atoms with E-state index in [0.29, 0.717) is 18.4 Å². The molecule has 1 saturated carbocycles. The van der Waals surface area contributed by atoms with Crippen LogP contribution in [0, 0.1) is 17.3 Å². The first kappa shape index (κ1) is 17.5. The Morgan fingerprint density at radius 1 is 1.19 bits per heavy atom. The first-order valence-corrected chi connectivity index (χ1v) is 7.47. The predicted octanol–water partition coefficient (Wildman–Crippen LogP) is 2.14. The molecule has 0 aromatic heterocycles. The monoisotopic (exact) mass is 298 g/mol. The third-order valence-corrected chi connectivity index (χ3v) is 3.88. The zero-order valence-corrected chi connectivity index (χ0v) is 13.1. The minimum atomic E-state index is -0.951. The lowest BCUT2D eigenvalue weighted by atomic mass is 9.85. The number of rotatable bonds is 6. The average molecular weight is 298 g/mol. The number of aliphatic carboxylic acids is 1. The Hall–Kier alpha value is -1.59. The lowest BCUT2D eigenvalue weighted by Gasteiger charge is -2.21. The number of imide groups is 1. The van der Waals surface area contributed by atoms with E-state index in [2.05, 4.69) is 17.6 Å². The van der Waals surface area contributed by atoms with E-state index in [1.165, 1.54) is 6.42 Å². The van der Waals surface area contributed by atoms with Gasteiger partial charge in [-0.3, -0.25) is 14.9 Å². The maximum absolute atomic E-state index is 11.7. The second-order valence-electron chi connectivity index (χ2n) is 6.95. The van der Waals surface area contributed by atoms with Gasteiger partial charge in [0.15, 0.2) is 0 Å². The van der Waals surface area contributed by atoms with Crippen molar-refractivity contribution in [1.29, 1.82) is 0 Å². The fraction of sp³-hybridized carbons (Fsp3) is 0.800. The van der Waals surface area contributed by atoms with Gasteiger partial charge < -0.3 is 10.4 Å². The van der Waals surface area contributed by atoms with Crippen molar-refractivity contribution in [1.82, 2.24) is 10.6 Å². The quantitative estimate of drug-likeness (QED) is 0.700. The summed E-state index contributed by atoms with van der Waals surface area (Å²) in [5.41, 5.74) is -0.670. The second-order valence-corrected chi connectivity index (χ2v) is 6.95. The number of hydrogen-bond acceptors (Lipinski definition) is 3. The highest BCUT2D eigenvalue weighted by Crippen LogP contribution is 2.29. The Morgan fingerprint density at radius 2 is 1.86 bits per heavy atom. The summed E-state index contributed by atoms with van der Waals surface area (Å²) in [5, 5.41) is 13.7. The summed E-state index contributed by atoms with van der Waals surface area (Å²) < 4.78 is 0. The Bertz CT molecular complexity index is 406. The van der Waals surface area contributed by atoms with Crippen LogP contribution < -0.4 is 10.6 Å². The van der Waals surface area contributed by atoms with Gasteiger partial charge in [0.1, 0.15) is 0 Å². The van der Waals surface area contributed by atoms with Gasteiger partial charge in [-0.1, -0.05) is 27.2 Å². The zero-order chi connectivity index (χ0) is 16.0. The van der Waals surface area contributed by atoms with Gasteiger partial charge in [0.05, 0.1) is 6.42 Å². The summed E-state index contributed by atoms with van der Waals surface area (Å²) >= 11 is 0. The Balaban J connectivity index is 2.27. The molecule has 21 heavy (non-hydrogen) atoms. The molecule has 3 N–H and O–H groups in total. The summed E-state index contributed by atoms with van der Waals surface area (Å²) in [6.45, 7) is 6.17. The molecule has 0 spiro atoms. The molecule has 0 aliphatic heterocycles. The molecule has 1 aliphatic rings. The smallest absolute Gasteiger partial charge is 0.321 e. The minimum absolute atomic E-state index is 0.00713. The number of hydrogen-bond donors (Lipinski definition) is 3. The van der Waals surface area contributed by atoms with Gasteiger partial charge in [-0.25, -0.2) is 4.79 Å². The van der Waals surface area contributed by atoms with E-state index >= 15 is 0 Å². The molecule has 0 radical (unpaired) electrons. The molecule has 3 amide bonds. The molecular formula is C15H26N2O4. The number of nitrogens with one attached hydrogen (secondary N) is 2. The van der Waals surface area contributed by atoms with Crippen molar-refractivity contribution in [3.63, 3.8) is 0 Å². The van der Waals surface area contributed by atoms with Gasteiger partial charge in [0.25, 0.3) is 0 Å². The molecule has 120 valence electrons. The van der Waals surface area contributed by atoms with Crippen molar-refractivity contribution in [3.8, 4) is 0 Å². The van der Waals surface area contributed by atoms with E-state index in [1.54, 1.807) is 13.8 Å². The zero-order valence-electron chi connectivity index (χ0n) is 13.1. The highest BCUT2D eigenvalue weighted by atomic mass is 16.4. The standard InChI is InChI=1S/C15H26N2O4/c1-10-4-5-11(6-10)9-16-14(21)17-12(18)7-15(2,3)8-13(19)20/h10-11H,4-9H2,1-3H3,(H,19,20)(H2,16,17,18,21). The first-order chi connectivity index (χ1) is 9.68. The highest BCUT2D eigenvalue weighted by molar-refractivity contribution is 5.94. The van der Waals surface area contributed by atoms with Gasteiger partial charge in [-0.05, 0) is 30.1 Å². The van der Waals surface area contributed by atoms with Gasteiger partial charge in [0.2, 0.25) is 5.91 Å². The van der Waals surface area contributed by atoms with Crippen LogP contribution in [0.25, 0.3) is 0 Å².